The molecule has 4 heteroatoms. The standard InChI is InChI=1S/C16H16N2O2/c17-15-18-16(10-20-15)6-4-14-11(8-16)2-1-3-13(14)12-5-7-19-9-12/h1-3,5,7,9H,4,6,8,10H2,(H2,17,18)/t16-/m0/s1. The zero-order valence-corrected chi connectivity index (χ0v) is 11.1. The average Bonchev–Trinajstić information content (AvgIpc) is 3.09. The van der Waals surface area contributed by atoms with E-state index in [9.17, 15) is 0 Å². The van der Waals surface area contributed by atoms with E-state index in [1.807, 2.05) is 6.07 Å². The van der Waals surface area contributed by atoms with Gasteiger partial charge in [0.1, 0.15) is 12.1 Å². The van der Waals surface area contributed by atoms with Crippen molar-refractivity contribution in [3.05, 3.63) is 47.9 Å². The third-order valence-electron chi connectivity index (χ3n) is 4.30. The smallest absolute Gasteiger partial charge is 0.282 e. The van der Waals surface area contributed by atoms with Crippen LogP contribution in [0.1, 0.15) is 17.5 Å². The molecule has 0 saturated heterocycles. The van der Waals surface area contributed by atoms with Gasteiger partial charge in [0, 0.05) is 12.0 Å². The minimum atomic E-state index is -0.147. The summed E-state index contributed by atoms with van der Waals surface area (Å²) < 4.78 is 10.6. The van der Waals surface area contributed by atoms with Crippen molar-refractivity contribution in [3.8, 4) is 11.1 Å². The minimum absolute atomic E-state index is 0.147. The molecular weight excluding hydrogens is 252 g/mol. The molecule has 20 heavy (non-hydrogen) atoms. The van der Waals surface area contributed by atoms with Gasteiger partial charge in [-0.05, 0) is 35.6 Å². The van der Waals surface area contributed by atoms with Crippen molar-refractivity contribution < 1.29 is 9.15 Å². The molecule has 0 unspecified atom stereocenters. The molecule has 1 aromatic heterocycles. The quantitative estimate of drug-likeness (QED) is 0.864. The Balaban J connectivity index is 1.76. The monoisotopic (exact) mass is 268 g/mol. The molecule has 102 valence electrons. The lowest BCUT2D eigenvalue weighted by Crippen LogP contribution is -2.35. The van der Waals surface area contributed by atoms with Crippen molar-refractivity contribution >= 4 is 6.02 Å². The van der Waals surface area contributed by atoms with Crippen molar-refractivity contribution in [2.75, 3.05) is 6.61 Å². The Labute approximate surface area is 117 Å². The van der Waals surface area contributed by atoms with E-state index in [-0.39, 0.29) is 5.54 Å². The first kappa shape index (κ1) is 11.6. The van der Waals surface area contributed by atoms with Gasteiger partial charge in [-0.3, -0.25) is 0 Å². The molecule has 2 N–H and O–H groups in total. The largest absolute Gasteiger partial charge is 0.472 e. The molecule has 1 aliphatic heterocycles. The van der Waals surface area contributed by atoms with Gasteiger partial charge in [-0.2, -0.15) is 0 Å². The highest BCUT2D eigenvalue weighted by molar-refractivity contribution is 5.74. The van der Waals surface area contributed by atoms with Crippen molar-refractivity contribution in [3.63, 3.8) is 0 Å². The van der Waals surface area contributed by atoms with E-state index in [1.54, 1.807) is 12.5 Å². The van der Waals surface area contributed by atoms with Crippen LogP contribution in [-0.2, 0) is 17.6 Å². The Morgan fingerprint density at radius 1 is 1.25 bits per heavy atom. The summed E-state index contributed by atoms with van der Waals surface area (Å²) in [6, 6.07) is 8.78. The van der Waals surface area contributed by atoms with Gasteiger partial charge in [-0.1, -0.05) is 18.2 Å². The summed E-state index contributed by atoms with van der Waals surface area (Å²) in [7, 11) is 0. The number of nitrogens with two attached hydrogens (primary N) is 1. The highest BCUT2D eigenvalue weighted by Gasteiger charge is 2.39. The fraction of sp³-hybridized carbons (Fsp3) is 0.312. The molecule has 0 radical (unpaired) electrons. The molecule has 2 aromatic rings. The highest BCUT2D eigenvalue weighted by Crippen LogP contribution is 2.38. The molecule has 0 amide bonds. The van der Waals surface area contributed by atoms with Gasteiger partial charge in [-0.15, -0.1) is 0 Å². The molecule has 0 fully saturated rings. The maximum absolute atomic E-state index is 5.68. The number of aliphatic imine (C=N–C) groups is 1. The van der Waals surface area contributed by atoms with Crippen LogP contribution >= 0.6 is 0 Å². The zero-order chi connectivity index (χ0) is 13.6. The molecule has 2 aliphatic rings. The third kappa shape index (κ3) is 1.72. The van der Waals surface area contributed by atoms with Crippen LogP contribution in [0.15, 0.2) is 46.2 Å². The van der Waals surface area contributed by atoms with E-state index in [4.69, 9.17) is 14.9 Å². The average molecular weight is 268 g/mol. The molecule has 1 aromatic carbocycles. The van der Waals surface area contributed by atoms with E-state index in [0.717, 1.165) is 24.8 Å². The van der Waals surface area contributed by atoms with E-state index in [2.05, 4.69) is 23.2 Å². The molecule has 0 bridgehead atoms. The van der Waals surface area contributed by atoms with Gasteiger partial charge in [0.15, 0.2) is 0 Å². The lowest BCUT2D eigenvalue weighted by Gasteiger charge is -2.31. The number of amidine groups is 1. The topological polar surface area (TPSA) is 60.8 Å². The maximum Gasteiger partial charge on any atom is 0.282 e. The van der Waals surface area contributed by atoms with Gasteiger partial charge in [0.25, 0.3) is 6.02 Å². The molecule has 0 saturated carbocycles. The van der Waals surface area contributed by atoms with Gasteiger partial charge in [0.05, 0.1) is 12.5 Å². The summed E-state index contributed by atoms with van der Waals surface area (Å²) in [5.74, 6) is 0. The van der Waals surface area contributed by atoms with Gasteiger partial charge < -0.3 is 14.9 Å². The summed E-state index contributed by atoms with van der Waals surface area (Å²) in [4.78, 5) is 4.52. The third-order valence-corrected chi connectivity index (χ3v) is 4.30. The van der Waals surface area contributed by atoms with Crippen LogP contribution in [0.3, 0.4) is 0 Å². The van der Waals surface area contributed by atoms with Crippen molar-refractivity contribution in [1.29, 1.82) is 0 Å². The number of rotatable bonds is 1. The normalized spacial score (nSPS) is 24.3. The Bertz CT molecular complexity index is 676. The second kappa shape index (κ2) is 4.13. The number of hydrogen-bond donors (Lipinski definition) is 1. The van der Waals surface area contributed by atoms with Crippen molar-refractivity contribution in [2.24, 2.45) is 10.7 Å². The highest BCUT2D eigenvalue weighted by atomic mass is 16.5. The number of benzene rings is 1. The SMILES string of the molecule is NC1=N[C@]2(CCc3c(cccc3-c3ccoc3)C2)CO1. The van der Waals surface area contributed by atoms with Crippen LogP contribution in [0.5, 0.6) is 0 Å². The Hall–Kier alpha value is -2.23. The number of fused-ring (bicyclic) bond motifs is 1. The summed E-state index contributed by atoms with van der Waals surface area (Å²) >= 11 is 0. The fourth-order valence-corrected chi connectivity index (χ4v) is 3.31. The van der Waals surface area contributed by atoms with E-state index < -0.39 is 0 Å². The zero-order valence-electron chi connectivity index (χ0n) is 11.1. The van der Waals surface area contributed by atoms with Crippen LogP contribution in [0.4, 0.5) is 0 Å². The second-order valence-electron chi connectivity index (χ2n) is 5.60. The van der Waals surface area contributed by atoms with E-state index in [1.165, 1.54) is 16.7 Å². The first-order valence-electron chi connectivity index (χ1n) is 6.87. The van der Waals surface area contributed by atoms with Crippen LogP contribution < -0.4 is 5.73 Å². The summed E-state index contributed by atoms with van der Waals surface area (Å²) in [5.41, 5.74) is 10.7. The number of furan rings is 1. The second-order valence-corrected chi connectivity index (χ2v) is 5.60. The predicted molar refractivity (Wildman–Crippen MR) is 76.5 cm³/mol. The van der Waals surface area contributed by atoms with Gasteiger partial charge in [0.2, 0.25) is 0 Å². The molecule has 4 rings (SSSR count). The molecule has 1 aliphatic carbocycles. The van der Waals surface area contributed by atoms with Crippen LogP contribution in [0.2, 0.25) is 0 Å². The molecule has 1 atom stereocenters. The van der Waals surface area contributed by atoms with E-state index in [0.29, 0.717) is 12.6 Å². The van der Waals surface area contributed by atoms with Gasteiger partial charge >= 0.3 is 0 Å². The molecule has 1 spiro atoms. The summed E-state index contributed by atoms with van der Waals surface area (Å²) in [6.07, 6.45) is 6.39. The van der Waals surface area contributed by atoms with Crippen LogP contribution in [-0.4, -0.2) is 18.2 Å². The van der Waals surface area contributed by atoms with Crippen molar-refractivity contribution in [1.82, 2.24) is 0 Å². The van der Waals surface area contributed by atoms with Crippen molar-refractivity contribution in [2.45, 2.75) is 24.8 Å². The number of nitrogens with zero attached hydrogens (tertiary/aromatic N) is 1. The van der Waals surface area contributed by atoms with Crippen LogP contribution in [0, 0.1) is 0 Å². The van der Waals surface area contributed by atoms with Gasteiger partial charge in [-0.25, -0.2) is 4.99 Å². The minimum Gasteiger partial charge on any atom is -0.472 e. The first-order chi connectivity index (χ1) is 9.76. The van der Waals surface area contributed by atoms with Crippen LogP contribution in [0.25, 0.3) is 11.1 Å². The fourth-order valence-electron chi connectivity index (χ4n) is 3.31. The number of hydrogen-bond acceptors (Lipinski definition) is 4. The predicted octanol–water partition coefficient (Wildman–Crippen LogP) is 2.52. The summed E-state index contributed by atoms with van der Waals surface area (Å²) in [5, 5.41) is 0. The lowest BCUT2D eigenvalue weighted by atomic mass is 9.77. The Morgan fingerprint density at radius 3 is 2.95 bits per heavy atom. The lowest BCUT2D eigenvalue weighted by molar-refractivity contribution is 0.235. The van der Waals surface area contributed by atoms with E-state index >= 15 is 0 Å². The molecule has 2 heterocycles. The first-order valence-corrected chi connectivity index (χ1v) is 6.87. The Morgan fingerprint density at radius 2 is 2.20 bits per heavy atom. The molecular formula is C16H16N2O2. The summed E-state index contributed by atoms with van der Waals surface area (Å²) in [6.45, 7) is 0.605. The number of ether oxygens (including phenoxy) is 1. The molecule has 4 nitrogen and oxygen atoms in total. The Kier molecular flexibility index (Phi) is 2.39. The maximum atomic E-state index is 5.68.